The van der Waals surface area contributed by atoms with Gasteiger partial charge in [0.15, 0.2) is 11.5 Å². The maximum atomic E-state index is 14.6. The predicted octanol–water partition coefficient (Wildman–Crippen LogP) is 4.45. The number of nitrogens with two attached hydrogens (primary N) is 1. The predicted molar refractivity (Wildman–Crippen MR) is 133 cm³/mol. The van der Waals surface area contributed by atoms with Gasteiger partial charge in [0.2, 0.25) is 5.95 Å². The number of amidine groups is 1. The van der Waals surface area contributed by atoms with Gasteiger partial charge in [0.05, 0.1) is 5.02 Å². The molecule has 198 valence electrons. The van der Waals surface area contributed by atoms with Gasteiger partial charge in [-0.05, 0) is 47.4 Å². The summed E-state index contributed by atoms with van der Waals surface area (Å²) in [6, 6.07) is 13.1. The summed E-state index contributed by atoms with van der Waals surface area (Å²) in [6.45, 7) is 0.919. The van der Waals surface area contributed by atoms with Crippen LogP contribution >= 0.6 is 11.6 Å². The zero-order valence-corrected chi connectivity index (χ0v) is 20.9. The second-order valence-electron chi connectivity index (χ2n) is 8.47. The second-order valence-corrected chi connectivity index (χ2v) is 10.4. The Bertz CT molecular complexity index is 1600. The van der Waals surface area contributed by atoms with Crippen LogP contribution in [0.5, 0.6) is 5.75 Å². The fraction of sp³-hybridized carbons (Fsp3) is 0.208. The van der Waals surface area contributed by atoms with Crippen molar-refractivity contribution < 1.29 is 30.2 Å². The van der Waals surface area contributed by atoms with Gasteiger partial charge in [0.25, 0.3) is 0 Å². The molecule has 1 aromatic heterocycles. The monoisotopic (exact) mass is 567 g/mol. The normalized spacial score (nSPS) is 19.6. The molecule has 0 radical (unpaired) electrons. The zero-order valence-electron chi connectivity index (χ0n) is 19.3. The van der Waals surface area contributed by atoms with E-state index in [0.29, 0.717) is 36.5 Å². The van der Waals surface area contributed by atoms with E-state index in [1.54, 1.807) is 35.2 Å². The molecule has 1 atom stereocenters. The zero-order chi connectivity index (χ0) is 27.3. The minimum Gasteiger partial charge on any atom is -0.376 e. The van der Waals surface area contributed by atoms with Crippen molar-refractivity contribution in [2.45, 2.75) is 17.5 Å². The number of hydrogen-bond donors (Lipinski definition) is 1. The summed E-state index contributed by atoms with van der Waals surface area (Å²) in [7, 11) is -5.92. The Kier molecular flexibility index (Phi) is 6.30. The first kappa shape index (κ1) is 25.9. The van der Waals surface area contributed by atoms with Crippen LogP contribution in [0.15, 0.2) is 70.8 Å². The summed E-state index contributed by atoms with van der Waals surface area (Å²) >= 11 is 6.03. The number of benzene rings is 2. The summed E-state index contributed by atoms with van der Waals surface area (Å²) in [5.74, 6) is -0.846. The van der Waals surface area contributed by atoms with Gasteiger partial charge in [0.1, 0.15) is 11.6 Å². The molecule has 0 bridgehead atoms. The number of rotatable bonds is 5. The van der Waals surface area contributed by atoms with Crippen LogP contribution in [0.2, 0.25) is 5.02 Å². The molecule has 1 unspecified atom stereocenters. The van der Waals surface area contributed by atoms with Crippen molar-refractivity contribution in [1.29, 1.82) is 0 Å². The maximum absolute atomic E-state index is 14.6. The molecule has 2 aliphatic rings. The largest absolute Gasteiger partial charge is 0.534 e. The van der Waals surface area contributed by atoms with Gasteiger partial charge in [-0.2, -0.15) is 26.0 Å². The van der Waals surface area contributed by atoms with Crippen molar-refractivity contribution in [3.8, 4) is 16.9 Å². The lowest BCUT2D eigenvalue weighted by molar-refractivity contribution is -0.0500. The number of aromatic nitrogens is 1. The molecular formula is C24H18ClF4N5O3S. The summed E-state index contributed by atoms with van der Waals surface area (Å²) in [5.41, 5.74) is 0.327. The number of pyridine rings is 1. The average Bonchev–Trinajstić information content (AvgIpc) is 3.18. The van der Waals surface area contributed by atoms with Gasteiger partial charge in [0, 0.05) is 24.8 Å². The van der Waals surface area contributed by atoms with Crippen LogP contribution in [0.1, 0.15) is 17.5 Å². The van der Waals surface area contributed by atoms with E-state index >= 15 is 0 Å². The number of nitrogens with zero attached hydrogens (tertiary/aromatic N) is 4. The van der Waals surface area contributed by atoms with Crippen molar-refractivity contribution in [2.75, 3.05) is 13.1 Å². The Morgan fingerprint density at radius 3 is 2.53 bits per heavy atom. The summed E-state index contributed by atoms with van der Waals surface area (Å²) in [5, 5.41) is 0.211. The Balaban J connectivity index is 1.71. The first-order valence-electron chi connectivity index (χ1n) is 11.1. The van der Waals surface area contributed by atoms with E-state index in [0.717, 1.165) is 12.1 Å². The number of alkyl halides is 3. The molecule has 0 spiro atoms. The van der Waals surface area contributed by atoms with Gasteiger partial charge < -0.3 is 9.92 Å². The maximum Gasteiger partial charge on any atom is 0.534 e. The van der Waals surface area contributed by atoms with Crippen LogP contribution in [0.25, 0.3) is 11.1 Å². The van der Waals surface area contributed by atoms with Crippen LogP contribution in [0, 0.1) is 5.95 Å². The lowest BCUT2D eigenvalue weighted by Gasteiger charge is -2.33. The van der Waals surface area contributed by atoms with E-state index in [4.69, 9.17) is 22.3 Å². The quantitative estimate of drug-likeness (QED) is 0.211. The highest BCUT2D eigenvalue weighted by atomic mass is 35.5. The average molecular weight is 568 g/mol. The van der Waals surface area contributed by atoms with Crippen LogP contribution in [-0.2, 0) is 15.7 Å². The van der Waals surface area contributed by atoms with Crippen molar-refractivity contribution in [1.82, 2.24) is 9.88 Å². The highest BCUT2D eigenvalue weighted by Gasteiger charge is 2.51. The molecule has 2 aromatic carbocycles. The van der Waals surface area contributed by atoms with E-state index in [-0.39, 0.29) is 22.1 Å². The summed E-state index contributed by atoms with van der Waals surface area (Å²) in [6.07, 6.45) is 1.85. The molecule has 3 heterocycles. The van der Waals surface area contributed by atoms with Crippen molar-refractivity contribution >= 4 is 33.5 Å². The summed E-state index contributed by atoms with van der Waals surface area (Å²) in [4.78, 5) is 14.7. The lowest BCUT2D eigenvalue weighted by atomic mass is 9.81. The molecule has 2 aliphatic heterocycles. The standard InChI is InChI=1S/C24H18ClF4N5O3S/c25-17-12-19(20(26)32-13-17)14-4-1-5-15(10-14)23(21-31-8-3-9-34(21)22(30)33-23)16-6-2-7-18(11-16)37-38(35,36)24(27,28)29/h1-2,4-7,10-13H,3,8-9H2,(H2,30,33). The molecule has 38 heavy (non-hydrogen) atoms. The number of fused-ring (bicyclic) bond motifs is 1. The van der Waals surface area contributed by atoms with Crippen molar-refractivity contribution in [3.63, 3.8) is 0 Å². The Labute approximate surface area is 219 Å². The van der Waals surface area contributed by atoms with Crippen LogP contribution in [0.4, 0.5) is 17.6 Å². The SMILES string of the molecule is NC1=NC(c2cccc(OS(=O)(=O)C(F)(F)F)c2)(c2cccc(-c3cc(Cl)cnc3F)c2)C2=NCCCN12. The Morgan fingerprint density at radius 1 is 1.08 bits per heavy atom. The van der Waals surface area contributed by atoms with Crippen molar-refractivity contribution in [2.24, 2.45) is 15.7 Å². The number of guanidine groups is 1. The third kappa shape index (κ3) is 4.35. The van der Waals surface area contributed by atoms with E-state index in [2.05, 4.69) is 14.2 Å². The topological polar surface area (TPSA) is 110 Å². The van der Waals surface area contributed by atoms with E-state index < -0.39 is 32.9 Å². The van der Waals surface area contributed by atoms with Crippen molar-refractivity contribution in [3.05, 3.63) is 82.9 Å². The van der Waals surface area contributed by atoms with Gasteiger partial charge in [-0.15, -0.1) is 0 Å². The van der Waals surface area contributed by atoms with Gasteiger partial charge in [-0.3, -0.25) is 9.89 Å². The smallest absolute Gasteiger partial charge is 0.376 e. The van der Waals surface area contributed by atoms with Gasteiger partial charge >= 0.3 is 15.6 Å². The molecule has 14 heteroatoms. The first-order valence-corrected chi connectivity index (χ1v) is 12.9. The highest BCUT2D eigenvalue weighted by Crippen LogP contribution is 2.44. The summed E-state index contributed by atoms with van der Waals surface area (Å²) < 4.78 is 81.2. The second kappa shape index (κ2) is 9.24. The van der Waals surface area contributed by atoms with Crippen LogP contribution in [0.3, 0.4) is 0 Å². The van der Waals surface area contributed by atoms with Crippen LogP contribution < -0.4 is 9.92 Å². The van der Waals surface area contributed by atoms with Crippen LogP contribution in [-0.4, -0.2) is 48.7 Å². The van der Waals surface area contributed by atoms with Gasteiger partial charge in [-0.25, -0.2) is 9.98 Å². The molecular weight excluding hydrogens is 550 g/mol. The van der Waals surface area contributed by atoms with Gasteiger partial charge in [-0.1, -0.05) is 41.9 Å². The molecule has 5 rings (SSSR count). The third-order valence-electron chi connectivity index (χ3n) is 6.08. The number of halogens is 5. The molecule has 3 aromatic rings. The fourth-order valence-electron chi connectivity index (χ4n) is 4.46. The van der Waals surface area contributed by atoms with E-state index in [9.17, 15) is 26.0 Å². The number of aliphatic imine (C=N–C) groups is 2. The lowest BCUT2D eigenvalue weighted by Crippen LogP contribution is -2.46. The highest BCUT2D eigenvalue weighted by molar-refractivity contribution is 7.88. The molecule has 0 fully saturated rings. The minimum absolute atomic E-state index is 0.110. The first-order chi connectivity index (χ1) is 17.9. The molecule has 2 N–H and O–H groups in total. The van der Waals surface area contributed by atoms with E-state index in [1.165, 1.54) is 18.3 Å². The molecule has 0 saturated carbocycles. The minimum atomic E-state index is -5.92. The Hall–Kier alpha value is -3.71. The Morgan fingerprint density at radius 2 is 1.79 bits per heavy atom. The van der Waals surface area contributed by atoms with E-state index in [1.807, 2.05) is 0 Å². The molecule has 8 nitrogen and oxygen atoms in total. The molecule has 0 saturated heterocycles. The molecule has 0 amide bonds. The third-order valence-corrected chi connectivity index (χ3v) is 7.26. The fourth-order valence-corrected chi connectivity index (χ4v) is 5.07. The number of hydrogen-bond acceptors (Lipinski definition) is 8. The molecule has 0 aliphatic carbocycles.